The fraction of sp³-hybridized carbons (Fsp3) is 0.455. The number of rotatable bonds is 6. The van der Waals surface area contributed by atoms with Gasteiger partial charge in [0.25, 0.3) is 0 Å². The highest BCUT2D eigenvalue weighted by atomic mass is 16.2. The number of nitrogens with zero attached hydrogens (tertiary/aromatic N) is 1. The Morgan fingerprint density at radius 2 is 2.25 bits per heavy atom. The lowest BCUT2D eigenvalue weighted by Gasteiger charge is -2.04. The predicted octanol–water partition coefficient (Wildman–Crippen LogP) is 0.0950. The normalized spacial score (nSPS) is 10.1. The molecule has 0 fully saturated rings. The molecule has 1 amide bonds. The maximum absolute atomic E-state index is 11.4. The molecule has 0 aliphatic carbocycles. The SMILES string of the molecule is Nc1ccc(CC(=O)NCCCCO)nc1. The summed E-state index contributed by atoms with van der Waals surface area (Å²) in [5, 5.41) is 11.3. The lowest BCUT2D eigenvalue weighted by atomic mass is 10.2. The highest BCUT2D eigenvalue weighted by Crippen LogP contribution is 2.01. The molecule has 4 N–H and O–H groups in total. The molecule has 0 aliphatic rings. The summed E-state index contributed by atoms with van der Waals surface area (Å²) in [4.78, 5) is 15.5. The van der Waals surface area contributed by atoms with Crippen LogP contribution in [0.5, 0.6) is 0 Å². The zero-order valence-electron chi connectivity index (χ0n) is 9.15. The number of nitrogens with two attached hydrogens (primary N) is 1. The predicted molar refractivity (Wildman–Crippen MR) is 61.7 cm³/mol. The number of amides is 1. The topological polar surface area (TPSA) is 88.2 Å². The highest BCUT2D eigenvalue weighted by molar-refractivity contribution is 5.78. The number of aliphatic hydroxyl groups excluding tert-OH is 1. The van der Waals surface area contributed by atoms with Crippen LogP contribution in [-0.4, -0.2) is 29.1 Å². The first-order valence-corrected chi connectivity index (χ1v) is 5.30. The van der Waals surface area contributed by atoms with Crippen LogP contribution in [0.1, 0.15) is 18.5 Å². The van der Waals surface area contributed by atoms with E-state index in [-0.39, 0.29) is 18.9 Å². The van der Waals surface area contributed by atoms with Gasteiger partial charge in [0.2, 0.25) is 5.91 Å². The molecule has 0 aromatic carbocycles. The quantitative estimate of drug-likeness (QED) is 0.597. The summed E-state index contributed by atoms with van der Waals surface area (Å²) in [5.74, 6) is -0.0600. The summed E-state index contributed by atoms with van der Waals surface area (Å²) >= 11 is 0. The van der Waals surface area contributed by atoms with E-state index in [0.717, 1.165) is 6.42 Å². The van der Waals surface area contributed by atoms with Crippen LogP contribution in [0.15, 0.2) is 18.3 Å². The van der Waals surface area contributed by atoms with E-state index in [1.54, 1.807) is 12.1 Å². The van der Waals surface area contributed by atoms with Crippen molar-refractivity contribution in [1.82, 2.24) is 10.3 Å². The van der Waals surface area contributed by atoms with Gasteiger partial charge in [-0.15, -0.1) is 0 Å². The third-order valence-electron chi connectivity index (χ3n) is 2.10. The van der Waals surface area contributed by atoms with Crippen LogP contribution in [0.25, 0.3) is 0 Å². The van der Waals surface area contributed by atoms with Crippen LogP contribution in [0.4, 0.5) is 5.69 Å². The Kier molecular flexibility index (Phi) is 5.28. The smallest absolute Gasteiger partial charge is 0.226 e. The van der Waals surface area contributed by atoms with Crippen LogP contribution in [-0.2, 0) is 11.2 Å². The van der Waals surface area contributed by atoms with Gasteiger partial charge in [-0.3, -0.25) is 9.78 Å². The van der Waals surface area contributed by atoms with Gasteiger partial charge in [-0.25, -0.2) is 0 Å². The van der Waals surface area contributed by atoms with Gasteiger partial charge >= 0.3 is 0 Å². The lowest BCUT2D eigenvalue weighted by molar-refractivity contribution is -0.120. The van der Waals surface area contributed by atoms with Crippen LogP contribution < -0.4 is 11.1 Å². The number of aromatic nitrogens is 1. The first-order valence-electron chi connectivity index (χ1n) is 5.30. The molecular formula is C11H17N3O2. The zero-order chi connectivity index (χ0) is 11.8. The minimum atomic E-state index is -0.0600. The standard InChI is InChI=1S/C11H17N3O2/c12-9-3-4-10(14-8-9)7-11(16)13-5-1-2-6-15/h3-4,8,15H,1-2,5-7,12H2,(H,13,16). The first kappa shape index (κ1) is 12.4. The van der Waals surface area contributed by atoms with E-state index in [1.165, 1.54) is 6.20 Å². The fourth-order valence-corrected chi connectivity index (χ4v) is 1.23. The van der Waals surface area contributed by atoms with Gasteiger partial charge in [-0.05, 0) is 25.0 Å². The van der Waals surface area contributed by atoms with Crippen molar-refractivity contribution in [2.75, 3.05) is 18.9 Å². The molecule has 88 valence electrons. The first-order chi connectivity index (χ1) is 7.72. The number of carbonyl (C=O) groups excluding carboxylic acids is 1. The molecule has 0 saturated heterocycles. The number of nitrogens with one attached hydrogen (secondary N) is 1. The van der Waals surface area contributed by atoms with Crippen molar-refractivity contribution >= 4 is 11.6 Å². The molecule has 0 bridgehead atoms. The van der Waals surface area contributed by atoms with Crippen molar-refractivity contribution in [3.63, 3.8) is 0 Å². The van der Waals surface area contributed by atoms with Crippen molar-refractivity contribution in [3.05, 3.63) is 24.0 Å². The molecule has 0 unspecified atom stereocenters. The fourth-order valence-electron chi connectivity index (χ4n) is 1.23. The molecule has 1 rings (SSSR count). The largest absolute Gasteiger partial charge is 0.397 e. The van der Waals surface area contributed by atoms with Gasteiger partial charge in [-0.1, -0.05) is 0 Å². The van der Waals surface area contributed by atoms with E-state index >= 15 is 0 Å². The number of hydrogen-bond acceptors (Lipinski definition) is 4. The number of unbranched alkanes of at least 4 members (excludes halogenated alkanes) is 1. The number of nitrogen functional groups attached to an aromatic ring is 1. The van der Waals surface area contributed by atoms with E-state index < -0.39 is 0 Å². The second-order valence-corrected chi connectivity index (χ2v) is 3.54. The molecule has 5 heteroatoms. The van der Waals surface area contributed by atoms with Crippen LogP contribution >= 0.6 is 0 Å². The highest BCUT2D eigenvalue weighted by Gasteiger charge is 2.03. The van der Waals surface area contributed by atoms with E-state index in [4.69, 9.17) is 10.8 Å². The third-order valence-corrected chi connectivity index (χ3v) is 2.10. The average molecular weight is 223 g/mol. The number of hydrogen-bond donors (Lipinski definition) is 3. The molecular weight excluding hydrogens is 206 g/mol. The van der Waals surface area contributed by atoms with E-state index in [1.807, 2.05) is 0 Å². The van der Waals surface area contributed by atoms with Gasteiger partial charge in [0.1, 0.15) is 0 Å². The molecule has 0 atom stereocenters. The average Bonchev–Trinajstić information content (AvgIpc) is 2.28. The number of aliphatic hydroxyl groups is 1. The van der Waals surface area contributed by atoms with Crippen molar-refractivity contribution in [3.8, 4) is 0 Å². The lowest BCUT2D eigenvalue weighted by Crippen LogP contribution is -2.26. The van der Waals surface area contributed by atoms with E-state index in [0.29, 0.717) is 24.3 Å². The number of pyridine rings is 1. The Morgan fingerprint density at radius 1 is 1.44 bits per heavy atom. The summed E-state index contributed by atoms with van der Waals surface area (Å²) < 4.78 is 0. The molecule has 1 aromatic rings. The molecule has 0 spiro atoms. The maximum atomic E-state index is 11.4. The Bertz CT molecular complexity index is 325. The Morgan fingerprint density at radius 3 is 2.88 bits per heavy atom. The third kappa shape index (κ3) is 4.75. The van der Waals surface area contributed by atoms with E-state index in [9.17, 15) is 4.79 Å². The van der Waals surface area contributed by atoms with Gasteiger partial charge in [-0.2, -0.15) is 0 Å². The van der Waals surface area contributed by atoms with Crippen LogP contribution in [0.3, 0.4) is 0 Å². The molecule has 0 saturated carbocycles. The summed E-state index contributed by atoms with van der Waals surface area (Å²) in [6, 6.07) is 3.46. The van der Waals surface area contributed by atoms with Gasteiger partial charge in [0.05, 0.1) is 18.3 Å². The second-order valence-electron chi connectivity index (χ2n) is 3.54. The van der Waals surface area contributed by atoms with Gasteiger partial charge in [0.15, 0.2) is 0 Å². The van der Waals surface area contributed by atoms with Gasteiger partial charge in [0, 0.05) is 18.8 Å². The molecule has 0 radical (unpaired) electrons. The zero-order valence-corrected chi connectivity index (χ0v) is 9.15. The second kappa shape index (κ2) is 6.79. The Hall–Kier alpha value is -1.62. The molecule has 16 heavy (non-hydrogen) atoms. The van der Waals surface area contributed by atoms with Crippen molar-refractivity contribution in [2.24, 2.45) is 0 Å². The van der Waals surface area contributed by atoms with Crippen molar-refractivity contribution < 1.29 is 9.90 Å². The Labute approximate surface area is 94.7 Å². The summed E-state index contributed by atoms with van der Waals surface area (Å²) in [7, 11) is 0. The number of carbonyl (C=O) groups is 1. The van der Waals surface area contributed by atoms with E-state index in [2.05, 4.69) is 10.3 Å². The minimum Gasteiger partial charge on any atom is -0.397 e. The monoisotopic (exact) mass is 223 g/mol. The summed E-state index contributed by atoms with van der Waals surface area (Å²) in [6.07, 6.45) is 3.30. The number of anilines is 1. The Balaban J connectivity index is 2.26. The van der Waals surface area contributed by atoms with Crippen molar-refractivity contribution in [1.29, 1.82) is 0 Å². The summed E-state index contributed by atoms with van der Waals surface area (Å²) in [5.41, 5.74) is 6.78. The van der Waals surface area contributed by atoms with Gasteiger partial charge < -0.3 is 16.2 Å². The maximum Gasteiger partial charge on any atom is 0.226 e. The van der Waals surface area contributed by atoms with Crippen molar-refractivity contribution in [2.45, 2.75) is 19.3 Å². The summed E-state index contributed by atoms with van der Waals surface area (Å²) in [6.45, 7) is 0.754. The van der Waals surface area contributed by atoms with Crippen LogP contribution in [0, 0.1) is 0 Å². The molecule has 0 aliphatic heterocycles. The molecule has 1 aromatic heterocycles. The van der Waals surface area contributed by atoms with Crippen LogP contribution in [0.2, 0.25) is 0 Å². The minimum absolute atomic E-state index is 0.0600. The molecule has 5 nitrogen and oxygen atoms in total. The molecule has 1 heterocycles.